The second-order valence-corrected chi connectivity index (χ2v) is 15.4. The minimum absolute atomic E-state index is 0. The fourth-order valence-electron chi connectivity index (χ4n) is 4.91. The van der Waals surface area contributed by atoms with Crippen molar-refractivity contribution in [2.24, 2.45) is 0 Å². The van der Waals surface area contributed by atoms with Gasteiger partial charge in [-0.2, -0.15) is 0 Å². The maximum Gasteiger partial charge on any atom is 0.239 e. The molecule has 1 aliphatic rings. The van der Waals surface area contributed by atoms with Crippen LogP contribution in [0.15, 0.2) is 182 Å². The number of carbonyl (C=O) groups excluding carboxylic acids is 2. The smallest absolute Gasteiger partial charge is 0.239 e. The SMILES string of the molecule is O=C1CCC(=O)N1Br.[Pd].c1ccc(P(c2ccccc2)c2ccccc2)cc1.c1ccc(P(c2ccccc2)c2ccccc2)cc1. The molecule has 7 rings (SSSR count). The van der Waals surface area contributed by atoms with Crippen LogP contribution in [0.1, 0.15) is 12.8 Å². The van der Waals surface area contributed by atoms with Crippen molar-refractivity contribution in [3.05, 3.63) is 182 Å². The van der Waals surface area contributed by atoms with Gasteiger partial charge in [0.05, 0.1) is 16.1 Å². The molecule has 0 spiro atoms. The van der Waals surface area contributed by atoms with Crippen LogP contribution < -0.4 is 31.8 Å². The Balaban J connectivity index is 0.000000171. The molecule has 1 fully saturated rings. The summed E-state index contributed by atoms with van der Waals surface area (Å²) in [5, 5.41) is 8.39. The average molecular weight is 809 g/mol. The molecule has 1 heterocycles. The van der Waals surface area contributed by atoms with Gasteiger partial charge >= 0.3 is 0 Å². The second-order valence-electron chi connectivity index (χ2n) is 10.3. The molecule has 0 radical (unpaired) electrons. The van der Waals surface area contributed by atoms with Crippen LogP contribution in [0.2, 0.25) is 0 Å². The first-order chi connectivity index (χ1) is 22.6. The summed E-state index contributed by atoms with van der Waals surface area (Å²) in [6, 6.07) is 64.7. The number of carbonyl (C=O) groups is 2. The molecule has 0 N–H and O–H groups in total. The first-order valence-corrected chi connectivity index (χ1v) is 18.4. The van der Waals surface area contributed by atoms with Gasteiger partial charge in [0.15, 0.2) is 0 Å². The van der Waals surface area contributed by atoms with E-state index < -0.39 is 15.8 Å². The quantitative estimate of drug-likeness (QED) is 0.0766. The fraction of sp³-hybridized carbons (Fsp3) is 0.0500. The number of halogens is 1. The van der Waals surface area contributed by atoms with Crippen LogP contribution in [0, 0.1) is 0 Å². The molecule has 0 bridgehead atoms. The summed E-state index contributed by atoms with van der Waals surface area (Å²) in [5.74, 6) is -0.287. The molecule has 6 aromatic carbocycles. The van der Waals surface area contributed by atoms with Crippen molar-refractivity contribution >= 4 is 75.6 Å². The van der Waals surface area contributed by atoms with Gasteiger partial charge in [0.2, 0.25) is 11.8 Å². The van der Waals surface area contributed by atoms with Gasteiger partial charge < -0.3 is 0 Å². The van der Waals surface area contributed by atoms with Gasteiger partial charge in [0.25, 0.3) is 0 Å². The van der Waals surface area contributed by atoms with Crippen LogP contribution in [0.4, 0.5) is 0 Å². The first-order valence-electron chi connectivity index (χ1n) is 15.0. The number of hydrogen-bond acceptors (Lipinski definition) is 2. The van der Waals surface area contributed by atoms with Gasteiger partial charge in [0.1, 0.15) is 0 Å². The molecule has 238 valence electrons. The van der Waals surface area contributed by atoms with Gasteiger partial charge in [-0.05, 0) is 47.7 Å². The Labute approximate surface area is 302 Å². The molecular weight excluding hydrogens is 775 g/mol. The van der Waals surface area contributed by atoms with E-state index in [-0.39, 0.29) is 32.2 Å². The predicted molar refractivity (Wildman–Crippen MR) is 200 cm³/mol. The zero-order chi connectivity index (χ0) is 32.0. The van der Waals surface area contributed by atoms with Gasteiger partial charge in [-0.3, -0.25) is 9.59 Å². The van der Waals surface area contributed by atoms with E-state index in [4.69, 9.17) is 0 Å². The van der Waals surface area contributed by atoms with E-state index >= 15 is 0 Å². The number of rotatable bonds is 6. The molecular formula is C40H34BrNO2P2Pd. The summed E-state index contributed by atoms with van der Waals surface area (Å²) < 4.78 is 0.979. The van der Waals surface area contributed by atoms with E-state index in [1.54, 1.807) is 0 Å². The van der Waals surface area contributed by atoms with Crippen molar-refractivity contribution in [3.8, 4) is 0 Å². The second kappa shape index (κ2) is 19.3. The van der Waals surface area contributed by atoms with Gasteiger partial charge in [-0.15, -0.1) is 0 Å². The van der Waals surface area contributed by atoms with Crippen molar-refractivity contribution in [3.63, 3.8) is 0 Å². The Hall–Kier alpha value is -3.54. The minimum Gasteiger partial charge on any atom is -0.274 e. The van der Waals surface area contributed by atoms with Gasteiger partial charge in [0, 0.05) is 33.3 Å². The molecule has 0 aliphatic carbocycles. The minimum atomic E-state index is -0.446. The Morgan fingerprint density at radius 2 is 0.532 bits per heavy atom. The summed E-state index contributed by atoms with van der Waals surface area (Å²) >= 11 is 2.80. The average Bonchev–Trinajstić information content (AvgIpc) is 3.42. The van der Waals surface area contributed by atoms with E-state index in [9.17, 15) is 9.59 Å². The monoisotopic (exact) mass is 807 g/mol. The summed E-state index contributed by atoms with van der Waals surface area (Å²) in [6.45, 7) is 0. The van der Waals surface area contributed by atoms with E-state index in [1.807, 2.05) is 0 Å². The standard InChI is InChI=1S/2C18H15P.C4H4BrNO2.Pd/c2*1-4-10-16(11-5-1)19(17-12-6-2-7-13-17)18-14-8-3-9-15-18;5-6-3(7)1-2-4(6)8;/h2*1-15H;1-2H2;. The van der Waals surface area contributed by atoms with Crippen LogP contribution in [0.3, 0.4) is 0 Å². The third kappa shape index (κ3) is 10.5. The van der Waals surface area contributed by atoms with Crippen LogP contribution in [-0.4, -0.2) is 15.7 Å². The van der Waals surface area contributed by atoms with Crippen LogP contribution in [-0.2, 0) is 30.0 Å². The number of nitrogens with zero attached hydrogens (tertiary/aromatic N) is 1. The molecule has 2 amide bonds. The maximum absolute atomic E-state index is 10.4. The molecule has 0 atom stereocenters. The molecule has 6 aromatic rings. The number of imide groups is 1. The first kappa shape index (κ1) is 36.3. The van der Waals surface area contributed by atoms with Crippen molar-refractivity contribution in [2.75, 3.05) is 0 Å². The summed E-state index contributed by atoms with van der Waals surface area (Å²) in [6.07, 6.45) is 0.703. The fourth-order valence-corrected chi connectivity index (χ4v) is 9.87. The zero-order valence-electron chi connectivity index (χ0n) is 25.6. The van der Waals surface area contributed by atoms with Crippen LogP contribution in [0.5, 0.6) is 0 Å². The Bertz CT molecular complexity index is 1460. The molecule has 7 heteroatoms. The molecule has 0 unspecified atom stereocenters. The number of benzene rings is 6. The molecule has 47 heavy (non-hydrogen) atoms. The van der Waals surface area contributed by atoms with E-state index in [1.165, 1.54) is 31.8 Å². The Morgan fingerprint density at radius 1 is 0.362 bits per heavy atom. The summed E-state index contributed by atoms with van der Waals surface area (Å²) in [7, 11) is -0.892. The van der Waals surface area contributed by atoms with Crippen molar-refractivity contribution in [1.82, 2.24) is 3.93 Å². The summed E-state index contributed by atoms with van der Waals surface area (Å²) in [4.78, 5) is 20.9. The normalized spacial score (nSPS) is 12.0. The summed E-state index contributed by atoms with van der Waals surface area (Å²) in [5.41, 5.74) is 0. The van der Waals surface area contributed by atoms with Crippen molar-refractivity contribution < 1.29 is 30.0 Å². The molecule has 1 aliphatic heterocycles. The molecule has 0 aromatic heterocycles. The largest absolute Gasteiger partial charge is 0.274 e. The van der Waals surface area contributed by atoms with Gasteiger partial charge in [-0.1, -0.05) is 182 Å². The van der Waals surface area contributed by atoms with Crippen LogP contribution in [0.25, 0.3) is 0 Å². The van der Waals surface area contributed by atoms with Crippen molar-refractivity contribution in [1.29, 1.82) is 0 Å². The zero-order valence-corrected chi connectivity index (χ0v) is 30.5. The number of hydrogen-bond donors (Lipinski definition) is 0. The Kier molecular flexibility index (Phi) is 14.9. The van der Waals surface area contributed by atoms with E-state index in [0.717, 1.165) is 3.93 Å². The maximum atomic E-state index is 10.4. The van der Waals surface area contributed by atoms with Crippen LogP contribution >= 0.6 is 32.0 Å². The van der Waals surface area contributed by atoms with Gasteiger partial charge in [-0.25, -0.2) is 3.93 Å². The third-order valence-electron chi connectivity index (χ3n) is 7.08. The molecule has 0 saturated carbocycles. The van der Waals surface area contributed by atoms with E-state index in [0.29, 0.717) is 12.8 Å². The molecule has 1 saturated heterocycles. The van der Waals surface area contributed by atoms with Crippen molar-refractivity contribution in [2.45, 2.75) is 12.8 Å². The predicted octanol–water partition coefficient (Wildman–Crippen LogP) is 7.33. The number of amides is 2. The van der Waals surface area contributed by atoms with E-state index in [2.05, 4.69) is 198 Å². The topological polar surface area (TPSA) is 37.4 Å². The third-order valence-corrected chi connectivity index (χ3v) is 12.8. The molecule has 3 nitrogen and oxygen atoms in total. The Morgan fingerprint density at radius 3 is 0.660 bits per heavy atom.